The van der Waals surface area contributed by atoms with E-state index in [4.69, 9.17) is 5.11 Å². The minimum atomic E-state index is -0.744. The smallest absolute Gasteiger partial charge is 0.317 e. The molecular formula is C17H28N4O2. The number of rotatable bonds is 9. The fourth-order valence-electron chi connectivity index (χ4n) is 2.90. The molecule has 1 saturated carbocycles. The Kier molecular flexibility index (Phi) is 6.36. The Labute approximate surface area is 138 Å². The van der Waals surface area contributed by atoms with E-state index < -0.39 is 5.97 Å². The Balaban J connectivity index is 1.73. The number of likely N-dealkylation sites (N-methyl/N-ethyl adjacent to an activating group) is 1. The zero-order valence-electron chi connectivity index (χ0n) is 14.3. The minimum Gasteiger partial charge on any atom is -0.480 e. The van der Waals surface area contributed by atoms with Crippen molar-refractivity contribution in [3.05, 3.63) is 23.9 Å². The van der Waals surface area contributed by atoms with Gasteiger partial charge in [-0.15, -0.1) is 0 Å². The second-order valence-corrected chi connectivity index (χ2v) is 6.20. The predicted octanol–water partition coefficient (Wildman–Crippen LogP) is 1.56. The number of hydrogen-bond donors (Lipinski definition) is 2. The monoisotopic (exact) mass is 320 g/mol. The number of pyridine rings is 1. The van der Waals surface area contributed by atoms with Crippen molar-refractivity contribution in [1.29, 1.82) is 0 Å². The number of carbonyl (C=O) groups is 1. The lowest BCUT2D eigenvalue weighted by Gasteiger charge is -2.42. The Morgan fingerprint density at radius 2 is 2.09 bits per heavy atom. The molecule has 1 aromatic rings. The summed E-state index contributed by atoms with van der Waals surface area (Å²) in [6, 6.07) is 5.03. The number of hydrogen-bond acceptors (Lipinski definition) is 5. The van der Waals surface area contributed by atoms with Gasteiger partial charge < -0.3 is 15.3 Å². The molecule has 0 atom stereocenters. The van der Waals surface area contributed by atoms with Crippen LogP contribution in [0.4, 0.5) is 5.82 Å². The van der Waals surface area contributed by atoms with Gasteiger partial charge in [0.1, 0.15) is 5.82 Å². The minimum absolute atomic E-state index is 0.143. The number of nitrogens with zero attached hydrogens (tertiary/aromatic N) is 3. The lowest BCUT2D eigenvalue weighted by Crippen LogP contribution is -2.53. The Bertz CT molecular complexity index is 500. The van der Waals surface area contributed by atoms with Gasteiger partial charge in [0.15, 0.2) is 0 Å². The Hall–Kier alpha value is -1.66. The molecule has 2 rings (SSSR count). The standard InChI is InChI=1S/C17H28N4O2/c1-4-20(3)16-7-6-13(11-19-16)10-18-14-8-15(9-14)21(5-2)12-17(22)23/h6-7,11,14-15,18H,4-5,8-10,12H2,1-3H3,(H,22,23). The maximum atomic E-state index is 10.8. The van der Waals surface area contributed by atoms with E-state index >= 15 is 0 Å². The molecule has 0 aromatic carbocycles. The van der Waals surface area contributed by atoms with E-state index in [1.54, 1.807) is 0 Å². The normalized spacial score (nSPS) is 20.3. The molecule has 0 amide bonds. The van der Waals surface area contributed by atoms with Crippen LogP contribution in [-0.4, -0.2) is 59.7 Å². The van der Waals surface area contributed by atoms with E-state index in [0.29, 0.717) is 12.1 Å². The highest BCUT2D eigenvalue weighted by atomic mass is 16.4. The first-order chi connectivity index (χ1) is 11.0. The quantitative estimate of drug-likeness (QED) is 0.720. The zero-order chi connectivity index (χ0) is 16.8. The summed E-state index contributed by atoms with van der Waals surface area (Å²) in [7, 11) is 2.03. The topological polar surface area (TPSA) is 68.7 Å². The lowest BCUT2D eigenvalue weighted by atomic mass is 9.85. The third-order valence-corrected chi connectivity index (χ3v) is 4.64. The molecule has 0 aliphatic heterocycles. The van der Waals surface area contributed by atoms with E-state index in [1.165, 1.54) is 5.56 Å². The van der Waals surface area contributed by atoms with E-state index in [0.717, 1.165) is 38.3 Å². The summed E-state index contributed by atoms with van der Waals surface area (Å²) in [6.45, 7) is 6.81. The lowest BCUT2D eigenvalue weighted by molar-refractivity contribution is -0.139. The van der Waals surface area contributed by atoms with Gasteiger partial charge in [-0.05, 0) is 37.9 Å². The Morgan fingerprint density at radius 3 is 2.61 bits per heavy atom. The van der Waals surface area contributed by atoms with Crippen LogP contribution in [-0.2, 0) is 11.3 Å². The van der Waals surface area contributed by atoms with Crippen LogP contribution in [0, 0.1) is 0 Å². The fraction of sp³-hybridized carbons (Fsp3) is 0.647. The molecular weight excluding hydrogens is 292 g/mol. The first-order valence-corrected chi connectivity index (χ1v) is 8.38. The van der Waals surface area contributed by atoms with Crippen LogP contribution in [0.15, 0.2) is 18.3 Å². The molecule has 23 heavy (non-hydrogen) atoms. The van der Waals surface area contributed by atoms with Crippen LogP contribution >= 0.6 is 0 Å². The highest BCUT2D eigenvalue weighted by Crippen LogP contribution is 2.25. The number of nitrogens with one attached hydrogen (secondary N) is 1. The average Bonchev–Trinajstić information content (AvgIpc) is 2.51. The van der Waals surface area contributed by atoms with Gasteiger partial charge in [0.2, 0.25) is 0 Å². The van der Waals surface area contributed by atoms with Gasteiger partial charge in [0.25, 0.3) is 0 Å². The van der Waals surface area contributed by atoms with Crippen LogP contribution in [0.5, 0.6) is 0 Å². The summed E-state index contributed by atoms with van der Waals surface area (Å²) in [6.07, 6.45) is 3.96. The summed E-state index contributed by atoms with van der Waals surface area (Å²) in [4.78, 5) is 19.5. The summed E-state index contributed by atoms with van der Waals surface area (Å²) in [5.41, 5.74) is 1.18. The van der Waals surface area contributed by atoms with E-state index in [-0.39, 0.29) is 6.54 Å². The van der Waals surface area contributed by atoms with Crippen molar-refractivity contribution >= 4 is 11.8 Å². The fourth-order valence-corrected chi connectivity index (χ4v) is 2.90. The maximum absolute atomic E-state index is 10.8. The first-order valence-electron chi connectivity index (χ1n) is 8.38. The second kappa shape index (κ2) is 8.26. The number of anilines is 1. The molecule has 6 heteroatoms. The van der Waals surface area contributed by atoms with E-state index in [2.05, 4.69) is 34.3 Å². The summed E-state index contributed by atoms with van der Waals surface area (Å²) >= 11 is 0. The van der Waals surface area contributed by atoms with Crippen molar-refractivity contribution in [3.8, 4) is 0 Å². The molecule has 0 spiro atoms. The third-order valence-electron chi connectivity index (χ3n) is 4.64. The molecule has 1 fully saturated rings. The van der Waals surface area contributed by atoms with Crippen LogP contribution in [0.1, 0.15) is 32.3 Å². The number of aliphatic carboxylic acids is 1. The average molecular weight is 320 g/mol. The number of aromatic nitrogens is 1. The molecule has 0 saturated heterocycles. The second-order valence-electron chi connectivity index (χ2n) is 6.20. The molecule has 0 bridgehead atoms. The molecule has 1 heterocycles. The van der Waals surface area contributed by atoms with Crippen molar-refractivity contribution < 1.29 is 9.90 Å². The first kappa shape index (κ1) is 17.7. The van der Waals surface area contributed by atoms with Crippen LogP contribution in [0.2, 0.25) is 0 Å². The number of carboxylic acid groups (broad SMARTS) is 1. The highest BCUT2D eigenvalue weighted by Gasteiger charge is 2.33. The molecule has 1 aliphatic rings. The van der Waals surface area contributed by atoms with Crippen molar-refractivity contribution in [1.82, 2.24) is 15.2 Å². The molecule has 1 aromatic heterocycles. The van der Waals surface area contributed by atoms with Crippen molar-refractivity contribution in [2.45, 2.75) is 45.3 Å². The SMILES string of the molecule is CCN(C)c1ccc(CNC2CC(N(CC)CC(=O)O)C2)cn1. The van der Waals surface area contributed by atoms with Gasteiger partial charge in [-0.3, -0.25) is 9.69 Å². The van der Waals surface area contributed by atoms with Gasteiger partial charge in [0, 0.05) is 38.4 Å². The van der Waals surface area contributed by atoms with Crippen molar-refractivity contribution in [2.75, 3.05) is 31.6 Å². The third kappa shape index (κ3) is 4.91. The van der Waals surface area contributed by atoms with Crippen LogP contribution < -0.4 is 10.2 Å². The largest absolute Gasteiger partial charge is 0.480 e. The summed E-state index contributed by atoms with van der Waals surface area (Å²) < 4.78 is 0. The van der Waals surface area contributed by atoms with Crippen LogP contribution in [0.3, 0.4) is 0 Å². The van der Waals surface area contributed by atoms with Crippen LogP contribution in [0.25, 0.3) is 0 Å². The maximum Gasteiger partial charge on any atom is 0.317 e. The Morgan fingerprint density at radius 1 is 1.35 bits per heavy atom. The van der Waals surface area contributed by atoms with E-state index in [9.17, 15) is 4.79 Å². The van der Waals surface area contributed by atoms with Gasteiger partial charge in [-0.1, -0.05) is 13.0 Å². The molecule has 1 aliphatic carbocycles. The van der Waals surface area contributed by atoms with Gasteiger partial charge >= 0.3 is 5.97 Å². The molecule has 128 valence electrons. The van der Waals surface area contributed by atoms with Gasteiger partial charge in [0.05, 0.1) is 6.54 Å². The van der Waals surface area contributed by atoms with E-state index in [1.807, 2.05) is 25.1 Å². The van der Waals surface area contributed by atoms with Crippen molar-refractivity contribution in [3.63, 3.8) is 0 Å². The van der Waals surface area contributed by atoms with Crippen molar-refractivity contribution in [2.24, 2.45) is 0 Å². The predicted molar refractivity (Wildman–Crippen MR) is 91.7 cm³/mol. The zero-order valence-corrected chi connectivity index (χ0v) is 14.3. The highest BCUT2D eigenvalue weighted by molar-refractivity contribution is 5.69. The molecule has 2 N–H and O–H groups in total. The molecule has 0 unspecified atom stereocenters. The summed E-state index contributed by atoms with van der Waals surface area (Å²) in [5.74, 6) is 0.249. The summed E-state index contributed by atoms with van der Waals surface area (Å²) in [5, 5.41) is 12.4. The molecule has 0 radical (unpaired) electrons. The molecule has 6 nitrogen and oxygen atoms in total. The van der Waals surface area contributed by atoms with Gasteiger partial charge in [-0.2, -0.15) is 0 Å². The number of carboxylic acids is 1. The van der Waals surface area contributed by atoms with Gasteiger partial charge in [-0.25, -0.2) is 4.98 Å².